The van der Waals surface area contributed by atoms with E-state index in [0.717, 1.165) is 0 Å². The highest BCUT2D eigenvalue weighted by Crippen LogP contribution is 2.13. The van der Waals surface area contributed by atoms with Crippen LogP contribution in [0.3, 0.4) is 0 Å². The van der Waals surface area contributed by atoms with E-state index in [-0.39, 0.29) is 25.4 Å². The number of nitrogens with two attached hydrogens (primary N) is 1. The Kier molecular flexibility index (Phi) is 6.56. The first-order valence-electron chi connectivity index (χ1n) is 7.25. The van der Waals surface area contributed by atoms with Crippen molar-refractivity contribution in [3.8, 4) is 5.75 Å². The third-order valence-electron chi connectivity index (χ3n) is 3.18. The van der Waals surface area contributed by atoms with E-state index in [0.29, 0.717) is 17.7 Å². The molecule has 0 radical (unpaired) electrons. The molecule has 0 fully saturated rings. The van der Waals surface area contributed by atoms with E-state index >= 15 is 0 Å². The highest BCUT2D eigenvalue weighted by atomic mass is 16.5. The van der Waals surface area contributed by atoms with Crippen molar-refractivity contribution in [2.75, 3.05) is 6.61 Å². The van der Waals surface area contributed by atoms with Crippen LogP contribution in [0.25, 0.3) is 0 Å². The second-order valence-electron chi connectivity index (χ2n) is 5.81. The molecule has 0 heterocycles. The fraction of sp³-hybridized carbons (Fsp3) is 0.438. The number of benzene rings is 1. The Morgan fingerprint density at radius 2 is 1.78 bits per heavy atom. The lowest BCUT2D eigenvalue weighted by Gasteiger charge is -2.25. The van der Waals surface area contributed by atoms with E-state index in [9.17, 15) is 14.4 Å². The molecule has 0 bridgehead atoms. The van der Waals surface area contributed by atoms with E-state index in [2.05, 4.69) is 5.32 Å². The van der Waals surface area contributed by atoms with Crippen LogP contribution in [-0.2, 0) is 9.59 Å². The molecular weight excluding hydrogens is 300 g/mol. The molecule has 0 unspecified atom stereocenters. The average Bonchev–Trinajstić information content (AvgIpc) is 2.45. The Morgan fingerprint density at radius 1 is 1.17 bits per heavy atom. The van der Waals surface area contributed by atoms with E-state index in [1.807, 2.05) is 0 Å². The van der Waals surface area contributed by atoms with E-state index in [1.165, 1.54) is 0 Å². The number of carbonyl (C=O) groups is 3. The number of carbonyl (C=O) groups excluding carboxylic acids is 2. The lowest BCUT2D eigenvalue weighted by atomic mass is 9.98. The molecule has 126 valence electrons. The van der Waals surface area contributed by atoms with Gasteiger partial charge in [-0.25, -0.2) is 0 Å². The summed E-state index contributed by atoms with van der Waals surface area (Å²) in [4.78, 5) is 33.3. The molecule has 7 nitrogen and oxygen atoms in total. The fourth-order valence-electron chi connectivity index (χ4n) is 1.90. The zero-order chi connectivity index (χ0) is 17.5. The van der Waals surface area contributed by atoms with Gasteiger partial charge in [-0.05, 0) is 44.5 Å². The Bertz CT molecular complexity index is 566. The van der Waals surface area contributed by atoms with Gasteiger partial charge in [-0.1, -0.05) is 0 Å². The van der Waals surface area contributed by atoms with Crippen LogP contribution in [0.4, 0.5) is 0 Å². The minimum absolute atomic E-state index is 0.00398. The Labute approximate surface area is 134 Å². The molecular formula is C16H22N2O5. The number of rotatable bonds is 9. The predicted molar refractivity (Wildman–Crippen MR) is 84.2 cm³/mol. The highest BCUT2D eigenvalue weighted by Gasteiger charge is 2.21. The van der Waals surface area contributed by atoms with E-state index in [1.54, 1.807) is 38.1 Å². The molecule has 0 aromatic heterocycles. The largest absolute Gasteiger partial charge is 0.493 e. The number of hydrogen-bond donors (Lipinski definition) is 3. The number of primary amides is 1. The molecule has 0 aliphatic carbocycles. The van der Waals surface area contributed by atoms with Crippen LogP contribution in [0.1, 0.15) is 43.5 Å². The summed E-state index contributed by atoms with van der Waals surface area (Å²) >= 11 is 0. The van der Waals surface area contributed by atoms with Gasteiger partial charge >= 0.3 is 5.97 Å². The number of amides is 2. The lowest BCUT2D eigenvalue weighted by Crippen LogP contribution is -2.44. The van der Waals surface area contributed by atoms with Gasteiger partial charge in [0.15, 0.2) is 0 Å². The number of hydrogen-bond acceptors (Lipinski definition) is 4. The first-order chi connectivity index (χ1) is 10.7. The summed E-state index contributed by atoms with van der Waals surface area (Å²) in [5.41, 5.74) is 4.94. The number of carboxylic acids is 1. The number of ether oxygens (including phenoxy) is 1. The maximum absolute atomic E-state index is 11.8. The number of aliphatic carboxylic acids is 1. The molecule has 1 rings (SSSR count). The summed E-state index contributed by atoms with van der Waals surface area (Å²) < 4.78 is 5.42. The monoisotopic (exact) mass is 322 g/mol. The molecule has 4 N–H and O–H groups in total. The van der Waals surface area contributed by atoms with Crippen LogP contribution < -0.4 is 15.8 Å². The van der Waals surface area contributed by atoms with Crippen molar-refractivity contribution >= 4 is 17.8 Å². The fourth-order valence-corrected chi connectivity index (χ4v) is 1.90. The summed E-state index contributed by atoms with van der Waals surface area (Å²) in [5.74, 6) is -1.09. The normalized spacial score (nSPS) is 10.9. The standard InChI is InChI=1S/C16H22N2O5/c1-16(2,9-7-14(20)21)18-13(19)8-10-23-12-5-3-11(4-6-12)15(17)22/h3-6H,7-10H2,1-2H3,(H2,17,22)(H,18,19)(H,20,21). The summed E-state index contributed by atoms with van der Waals surface area (Å²) in [6.07, 6.45) is 0.494. The molecule has 7 heteroatoms. The van der Waals surface area contributed by atoms with Crippen molar-refractivity contribution < 1.29 is 24.2 Å². The second-order valence-corrected chi connectivity index (χ2v) is 5.81. The number of nitrogens with one attached hydrogen (secondary N) is 1. The van der Waals surface area contributed by atoms with Crippen molar-refractivity contribution in [1.29, 1.82) is 0 Å². The Morgan fingerprint density at radius 3 is 2.30 bits per heavy atom. The molecule has 0 saturated heterocycles. The van der Waals surface area contributed by atoms with Crippen LogP contribution in [-0.4, -0.2) is 35.0 Å². The number of carboxylic acid groups (broad SMARTS) is 1. The van der Waals surface area contributed by atoms with Crippen LogP contribution in [0, 0.1) is 0 Å². The maximum atomic E-state index is 11.8. The van der Waals surface area contributed by atoms with Crippen LogP contribution >= 0.6 is 0 Å². The van der Waals surface area contributed by atoms with Crippen LogP contribution in [0.15, 0.2) is 24.3 Å². The van der Waals surface area contributed by atoms with E-state index < -0.39 is 17.4 Å². The molecule has 0 aliphatic heterocycles. The van der Waals surface area contributed by atoms with Crippen molar-refractivity contribution in [2.45, 2.75) is 38.6 Å². The van der Waals surface area contributed by atoms with Crippen molar-refractivity contribution in [2.24, 2.45) is 5.73 Å². The van der Waals surface area contributed by atoms with Gasteiger partial charge in [0.2, 0.25) is 11.8 Å². The second kappa shape index (κ2) is 8.17. The third kappa shape index (κ3) is 7.30. The third-order valence-corrected chi connectivity index (χ3v) is 3.18. The molecule has 1 aromatic rings. The van der Waals surface area contributed by atoms with Crippen molar-refractivity contribution in [3.63, 3.8) is 0 Å². The highest BCUT2D eigenvalue weighted by molar-refractivity contribution is 5.92. The molecule has 0 spiro atoms. The molecule has 23 heavy (non-hydrogen) atoms. The topological polar surface area (TPSA) is 119 Å². The first-order valence-corrected chi connectivity index (χ1v) is 7.25. The maximum Gasteiger partial charge on any atom is 0.303 e. The average molecular weight is 322 g/mol. The lowest BCUT2D eigenvalue weighted by molar-refractivity contribution is -0.137. The predicted octanol–water partition coefficient (Wildman–Crippen LogP) is 1.31. The van der Waals surface area contributed by atoms with Gasteiger partial charge in [0, 0.05) is 17.5 Å². The smallest absolute Gasteiger partial charge is 0.303 e. The minimum Gasteiger partial charge on any atom is -0.493 e. The van der Waals surface area contributed by atoms with Gasteiger partial charge < -0.3 is 20.9 Å². The summed E-state index contributed by atoms with van der Waals surface area (Å²) in [7, 11) is 0. The molecule has 0 saturated carbocycles. The Hall–Kier alpha value is -2.57. The summed E-state index contributed by atoms with van der Waals surface area (Å²) in [6.45, 7) is 3.73. The van der Waals surface area contributed by atoms with E-state index in [4.69, 9.17) is 15.6 Å². The van der Waals surface area contributed by atoms with Gasteiger partial charge in [0.05, 0.1) is 13.0 Å². The summed E-state index contributed by atoms with van der Waals surface area (Å²) in [6, 6.07) is 6.31. The quantitative estimate of drug-likeness (QED) is 0.633. The van der Waals surface area contributed by atoms with Gasteiger partial charge in [-0.3, -0.25) is 14.4 Å². The van der Waals surface area contributed by atoms with Gasteiger partial charge in [0.1, 0.15) is 5.75 Å². The van der Waals surface area contributed by atoms with Gasteiger partial charge in [0.25, 0.3) is 0 Å². The molecule has 1 aromatic carbocycles. The molecule has 2 amide bonds. The SMILES string of the molecule is CC(C)(CCC(=O)O)NC(=O)CCOc1ccc(C(N)=O)cc1. The van der Waals surface area contributed by atoms with Crippen molar-refractivity contribution in [3.05, 3.63) is 29.8 Å². The zero-order valence-electron chi connectivity index (χ0n) is 13.3. The zero-order valence-corrected chi connectivity index (χ0v) is 13.3. The molecule has 0 atom stereocenters. The minimum atomic E-state index is -0.893. The summed E-state index contributed by atoms with van der Waals surface area (Å²) in [5, 5.41) is 11.4. The van der Waals surface area contributed by atoms with Crippen LogP contribution in [0.5, 0.6) is 5.75 Å². The molecule has 0 aliphatic rings. The van der Waals surface area contributed by atoms with Gasteiger partial charge in [-0.2, -0.15) is 0 Å². The van der Waals surface area contributed by atoms with Crippen LogP contribution in [0.2, 0.25) is 0 Å². The first kappa shape index (κ1) is 18.5. The van der Waals surface area contributed by atoms with Gasteiger partial charge in [-0.15, -0.1) is 0 Å². The van der Waals surface area contributed by atoms with Crippen molar-refractivity contribution in [1.82, 2.24) is 5.32 Å². The Balaban J connectivity index is 2.35.